The molecule has 2 heterocycles. The number of ketones is 2. The van der Waals surface area contributed by atoms with Gasteiger partial charge in [-0.15, -0.1) is 0 Å². The lowest BCUT2D eigenvalue weighted by Gasteiger charge is -2.20. The zero-order chi connectivity index (χ0) is 23.4. The number of aromatic nitrogens is 2. The minimum atomic E-state index is -3.43. The number of fused-ring (bicyclic) bond motifs is 1. The van der Waals surface area contributed by atoms with E-state index in [1.54, 1.807) is 44.3 Å². The molecular formula is C24H24N2O5S. The predicted molar refractivity (Wildman–Crippen MR) is 120 cm³/mol. The van der Waals surface area contributed by atoms with Gasteiger partial charge in [0.2, 0.25) is 5.78 Å². The molecule has 0 bridgehead atoms. The highest BCUT2D eigenvalue weighted by molar-refractivity contribution is 7.91. The molecule has 4 rings (SSSR count). The van der Waals surface area contributed by atoms with Crippen LogP contribution in [0.5, 0.6) is 0 Å². The maximum absolute atomic E-state index is 13.5. The Kier molecular flexibility index (Phi) is 5.08. The van der Waals surface area contributed by atoms with Crippen molar-refractivity contribution in [1.29, 1.82) is 0 Å². The minimum absolute atomic E-state index is 0.0312. The number of H-pyrrole nitrogens is 1. The van der Waals surface area contributed by atoms with E-state index in [1.165, 1.54) is 16.8 Å². The third-order valence-electron chi connectivity index (χ3n) is 6.07. The van der Waals surface area contributed by atoms with Crippen LogP contribution >= 0.6 is 0 Å². The van der Waals surface area contributed by atoms with Gasteiger partial charge in [-0.3, -0.25) is 24.2 Å². The fraction of sp³-hybridized carbons (Fsp3) is 0.292. The van der Waals surface area contributed by atoms with Crippen molar-refractivity contribution in [2.75, 3.05) is 5.75 Å². The minimum Gasteiger partial charge on any atom is -0.294 e. The molecule has 7 nitrogen and oxygen atoms in total. The lowest BCUT2D eigenvalue weighted by atomic mass is 9.81. The number of carbonyl (C=O) groups excluding carboxylic acids is 2. The number of nitrogens with one attached hydrogen (secondary N) is 1. The number of rotatable bonds is 5. The Bertz CT molecular complexity index is 1430. The van der Waals surface area contributed by atoms with Gasteiger partial charge >= 0.3 is 0 Å². The van der Waals surface area contributed by atoms with Gasteiger partial charge in [-0.1, -0.05) is 44.2 Å². The summed E-state index contributed by atoms with van der Waals surface area (Å²) in [6, 6.07) is 11.6. The Balaban J connectivity index is 1.81. The van der Waals surface area contributed by atoms with Gasteiger partial charge in [0.15, 0.2) is 15.6 Å². The molecule has 0 aliphatic carbocycles. The van der Waals surface area contributed by atoms with Crippen LogP contribution in [0.15, 0.2) is 52.2 Å². The molecule has 1 N–H and O–H groups in total. The summed E-state index contributed by atoms with van der Waals surface area (Å²) in [4.78, 5) is 39.2. The second-order valence-corrected chi connectivity index (χ2v) is 10.8. The van der Waals surface area contributed by atoms with Crippen molar-refractivity contribution in [1.82, 2.24) is 9.78 Å². The average molecular weight is 453 g/mol. The summed E-state index contributed by atoms with van der Waals surface area (Å²) in [5, 5.41) is 2.58. The molecule has 0 fully saturated rings. The molecule has 1 aliphatic heterocycles. The maximum Gasteiger partial charge on any atom is 0.275 e. The van der Waals surface area contributed by atoms with Gasteiger partial charge in [0.1, 0.15) is 5.56 Å². The van der Waals surface area contributed by atoms with E-state index in [0.717, 1.165) is 0 Å². The number of nitrogens with zero attached hydrogens (tertiary/aromatic N) is 1. The normalized spacial score (nSPS) is 16.0. The number of hydrogen-bond donors (Lipinski definition) is 1. The summed E-state index contributed by atoms with van der Waals surface area (Å²) < 4.78 is 26.5. The highest BCUT2D eigenvalue weighted by Gasteiger charge is 2.42. The summed E-state index contributed by atoms with van der Waals surface area (Å²) in [6.07, 6.45) is -0.121. The first-order chi connectivity index (χ1) is 14.9. The van der Waals surface area contributed by atoms with Gasteiger partial charge in [-0.2, -0.15) is 0 Å². The fourth-order valence-electron chi connectivity index (χ4n) is 4.69. The lowest BCUT2D eigenvalue weighted by Crippen LogP contribution is -2.22. The van der Waals surface area contributed by atoms with Gasteiger partial charge in [0.05, 0.1) is 22.8 Å². The van der Waals surface area contributed by atoms with E-state index in [0.29, 0.717) is 22.4 Å². The first kappa shape index (κ1) is 22.0. The summed E-state index contributed by atoms with van der Waals surface area (Å²) in [6.45, 7) is 5.37. The molecule has 32 heavy (non-hydrogen) atoms. The maximum atomic E-state index is 13.5. The third-order valence-corrected chi connectivity index (χ3v) is 8.19. The first-order valence-electron chi connectivity index (χ1n) is 10.2. The third kappa shape index (κ3) is 3.44. The van der Waals surface area contributed by atoms with Gasteiger partial charge in [0, 0.05) is 23.6 Å². The van der Waals surface area contributed by atoms with E-state index in [9.17, 15) is 22.8 Å². The number of Topliss-reactive ketones (excluding diaryl/α,β-unsaturated/α-hetero) is 1. The summed E-state index contributed by atoms with van der Waals surface area (Å²) in [7, 11) is -1.85. The van der Waals surface area contributed by atoms with Crippen molar-refractivity contribution in [2.24, 2.45) is 7.05 Å². The van der Waals surface area contributed by atoms with E-state index in [-0.39, 0.29) is 34.0 Å². The number of carbonyl (C=O) groups is 2. The van der Waals surface area contributed by atoms with Crippen LogP contribution in [0, 0.1) is 6.92 Å². The highest BCUT2D eigenvalue weighted by Crippen LogP contribution is 2.42. The van der Waals surface area contributed by atoms with Crippen LogP contribution in [0.1, 0.15) is 56.9 Å². The topological polar surface area (TPSA) is 106 Å². The molecule has 0 saturated carbocycles. The Hall–Kier alpha value is -3.26. The van der Waals surface area contributed by atoms with Crippen LogP contribution in [-0.4, -0.2) is 35.5 Å². The number of sulfone groups is 1. The molecule has 2 aromatic carbocycles. The van der Waals surface area contributed by atoms with E-state index >= 15 is 0 Å². The molecule has 0 unspecified atom stereocenters. The van der Waals surface area contributed by atoms with Crippen LogP contribution in [0.4, 0.5) is 0 Å². The van der Waals surface area contributed by atoms with Crippen molar-refractivity contribution in [3.05, 3.63) is 86.3 Å². The van der Waals surface area contributed by atoms with E-state index < -0.39 is 26.6 Å². The van der Waals surface area contributed by atoms with Crippen molar-refractivity contribution < 1.29 is 18.0 Å². The Labute approximate surface area is 186 Å². The zero-order valence-corrected chi connectivity index (χ0v) is 19.2. The van der Waals surface area contributed by atoms with Crippen LogP contribution in [-0.2, 0) is 28.7 Å². The number of benzene rings is 2. The van der Waals surface area contributed by atoms with Crippen LogP contribution in [0.2, 0.25) is 0 Å². The van der Waals surface area contributed by atoms with E-state index in [2.05, 4.69) is 5.10 Å². The Morgan fingerprint density at radius 2 is 1.75 bits per heavy atom. The van der Waals surface area contributed by atoms with Crippen molar-refractivity contribution in [3.63, 3.8) is 0 Å². The van der Waals surface area contributed by atoms with Crippen LogP contribution < -0.4 is 5.56 Å². The second kappa shape index (κ2) is 7.41. The SMILES string of the molecule is Cc1c(C(=O)c2c(CC(=O)c3ccccc3)n(C)[nH]c2=O)ccc2c1C(C)(C)CS2(=O)=O. The molecule has 1 aromatic heterocycles. The average Bonchev–Trinajstić information content (AvgIpc) is 3.10. The standard InChI is InChI=1S/C24H24N2O5S/c1-14-16(10-11-19-21(14)24(2,3)13-32(19,30)31)22(28)20-17(26(4)25-23(20)29)12-18(27)15-8-6-5-7-9-15/h5-11H,12-13H2,1-4H3,(H,25,29). The summed E-state index contributed by atoms with van der Waals surface area (Å²) >= 11 is 0. The molecule has 1 aliphatic rings. The van der Waals surface area contributed by atoms with Gasteiger partial charge < -0.3 is 0 Å². The molecule has 0 spiro atoms. The molecule has 0 atom stereocenters. The van der Waals surface area contributed by atoms with Crippen LogP contribution in [0.3, 0.4) is 0 Å². The summed E-state index contributed by atoms with van der Waals surface area (Å²) in [5.41, 5.74) is 0.863. The largest absolute Gasteiger partial charge is 0.294 e. The van der Waals surface area contributed by atoms with Gasteiger partial charge in [-0.25, -0.2) is 8.42 Å². The monoisotopic (exact) mass is 452 g/mol. The quantitative estimate of drug-likeness (QED) is 0.599. The smallest absolute Gasteiger partial charge is 0.275 e. The number of aromatic amines is 1. The predicted octanol–water partition coefficient (Wildman–Crippen LogP) is 2.74. The highest BCUT2D eigenvalue weighted by atomic mass is 32.2. The van der Waals surface area contributed by atoms with E-state index in [1.807, 2.05) is 13.8 Å². The molecule has 3 aromatic rings. The van der Waals surface area contributed by atoms with Crippen molar-refractivity contribution in [2.45, 2.75) is 37.5 Å². The zero-order valence-electron chi connectivity index (χ0n) is 18.4. The molecule has 8 heteroatoms. The molecule has 0 saturated heterocycles. The van der Waals surface area contributed by atoms with Crippen molar-refractivity contribution >= 4 is 21.4 Å². The molecule has 166 valence electrons. The van der Waals surface area contributed by atoms with E-state index in [4.69, 9.17) is 0 Å². The number of hydrogen-bond acceptors (Lipinski definition) is 5. The van der Waals surface area contributed by atoms with Gasteiger partial charge in [0.25, 0.3) is 5.56 Å². The fourth-order valence-corrected chi connectivity index (χ4v) is 6.95. The Morgan fingerprint density at radius 1 is 1.09 bits per heavy atom. The lowest BCUT2D eigenvalue weighted by molar-refractivity contribution is 0.0990. The molecular weight excluding hydrogens is 428 g/mol. The second-order valence-electron chi connectivity index (χ2n) is 8.87. The molecule has 0 amide bonds. The van der Waals surface area contributed by atoms with Crippen molar-refractivity contribution in [3.8, 4) is 0 Å². The van der Waals surface area contributed by atoms with Crippen LogP contribution in [0.25, 0.3) is 0 Å². The number of aryl methyl sites for hydroxylation is 1. The Morgan fingerprint density at radius 3 is 2.41 bits per heavy atom. The first-order valence-corrected chi connectivity index (χ1v) is 11.9. The van der Waals surface area contributed by atoms with Gasteiger partial charge in [-0.05, 0) is 30.2 Å². The molecule has 0 radical (unpaired) electrons. The summed E-state index contributed by atoms with van der Waals surface area (Å²) in [5.74, 6) is -0.772.